The number of aryl methyl sites for hydroxylation is 2. The minimum absolute atomic E-state index is 0.0125. The molecule has 1 aromatic heterocycles. The number of likely N-dealkylation sites (tertiary alicyclic amines) is 1. The zero-order chi connectivity index (χ0) is 43.8. The zero-order valence-corrected chi connectivity index (χ0v) is 36.9. The molecule has 0 bridgehead atoms. The van der Waals surface area contributed by atoms with Crippen molar-refractivity contribution in [2.24, 2.45) is 0 Å². The van der Waals surface area contributed by atoms with E-state index < -0.39 is 0 Å². The predicted molar refractivity (Wildman–Crippen MR) is 236 cm³/mol. The summed E-state index contributed by atoms with van der Waals surface area (Å²) in [5.41, 5.74) is 8.32. The molecule has 0 radical (unpaired) electrons. The number of nitrogen functional groups attached to an aromatic ring is 1. The van der Waals surface area contributed by atoms with E-state index in [-0.39, 0.29) is 66.9 Å². The predicted octanol–water partition coefficient (Wildman–Crippen LogP) is 3.44. The highest BCUT2D eigenvalue weighted by molar-refractivity contribution is 6.31. The number of carbonyl (C=O) groups is 3. The van der Waals surface area contributed by atoms with Gasteiger partial charge in [0.15, 0.2) is 35.7 Å². The highest BCUT2D eigenvalue weighted by Gasteiger charge is 2.26. The number of alkyl halides is 1. The molecule has 3 amide bonds. The van der Waals surface area contributed by atoms with E-state index in [1.807, 2.05) is 62.4 Å². The summed E-state index contributed by atoms with van der Waals surface area (Å²) >= 11 is 10.6. The lowest BCUT2D eigenvalue weighted by molar-refractivity contribution is -0.906. The van der Waals surface area contributed by atoms with E-state index in [9.17, 15) is 14.4 Å². The Morgan fingerprint density at radius 3 is 1.86 bits per heavy atom. The van der Waals surface area contributed by atoms with Crippen molar-refractivity contribution in [3.05, 3.63) is 70.5 Å². The van der Waals surface area contributed by atoms with Gasteiger partial charge < -0.3 is 51.6 Å². The number of aromatic nitrogens is 2. The first-order valence-corrected chi connectivity index (χ1v) is 21.5. The molecule has 0 aliphatic carbocycles. The van der Waals surface area contributed by atoms with Crippen molar-refractivity contribution in [2.45, 2.75) is 78.2 Å². The number of hydrogen-bond acceptors (Lipinski definition) is 11. The van der Waals surface area contributed by atoms with Crippen molar-refractivity contribution in [1.82, 2.24) is 25.9 Å². The van der Waals surface area contributed by atoms with Crippen molar-refractivity contribution in [3.63, 3.8) is 0 Å². The highest BCUT2D eigenvalue weighted by Crippen LogP contribution is 2.20. The molecule has 4 rings (SSSR count). The maximum atomic E-state index is 12.8. The van der Waals surface area contributed by atoms with Gasteiger partial charge in [-0.15, -0.1) is 11.6 Å². The second kappa shape index (κ2) is 32.4. The summed E-state index contributed by atoms with van der Waals surface area (Å²) in [5.74, 6) is 1.05. The number of aliphatic hydroxyl groups excluding tert-OH is 2. The zero-order valence-electron chi connectivity index (χ0n) is 35.4. The molecule has 330 valence electrons. The molecule has 17 heteroatoms. The maximum absolute atomic E-state index is 12.8. The summed E-state index contributed by atoms with van der Waals surface area (Å²) < 4.78 is 10.9. The molecule has 0 spiro atoms. The molecule has 59 heavy (non-hydrogen) atoms. The SMILES string of the molecule is CC.CCCc1ccc(OCC(=O)NCCCO)cc1.CCl.CNc1nc(N)c(Cl)nc1C(=O)NC1CCC[NH+](CCCc2ccc(OCC(=O)NCCCO)cc2)C1. The second-order valence-corrected chi connectivity index (χ2v) is 13.5. The highest BCUT2D eigenvalue weighted by atomic mass is 35.5. The fourth-order valence-electron chi connectivity index (χ4n) is 5.87. The van der Waals surface area contributed by atoms with Gasteiger partial charge >= 0.3 is 0 Å². The van der Waals surface area contributed by atoms with Gasteiger partial charge in [0.2, 0.25) is 0 Å². The number of anilines is 2. The molecule has 1 aliphatic heterocycles. The average Bonchev–Trinajstić information content (AvgIpc) is 3.26. The molecule has 3 aromatic rings. The Morgan fingerprint density at radius 1 is 0.847 bits per heavy atom. The van der Waals surface area contributed by atoms with E-state index in [1.165, 1.54) is 22.4 Å². The molecule has 0 saturated carbocycles. The lowest BCUT2D eigenvalue weighted by Crippen LogP contribution is -3.14. The number of hydrogen-bond donors (Lipinski definition) is 8. The fourth-order valence-corrected chi connectivity index (χ4v) is 5.99. The Balaban J connectivity index is 0.000000663. The Labute approximate surface area is 360 Å². The van der Waals surface area contributed by atoms with E-state index in [1.54, 1.807) is 7.05 Å². The summed E-state index contributed by atoms with van der Waals surface area (Å²) in [6, 6.07) is 15.6. The normalized spacial score (nSPS) is 14.1. The van der Waals surface area contributed by atoms with E-state index in [2.05, 4.69) is 49.8 Å². The van der Waals surface area contributed by atoms with Gasteiger partial charge in [-0.3, -0.25) is 14.4 Å². The summed E-state index contributed by atoms with van der Waals surface area (Å²) in [4.78, 5) is 45.5. The standard InChI is InChI=1S/C25H36ClN7O4.C14H21NO3.C2H6.CH3Cl/c1-28-24-21(31-22(26)23(27)32-24)25(36)30-18-6-3-13-33(15-18)12-2-5-17-7-9-19(10-8-17)37-16-20(35)29-11-4-14-34;1-2-4-12-5-7-13(8-6-12)18-11-14(17)15-9-3-10-16;2*1-2/h7-10,18,34H,2-6,11-16H2,1H3,(H,29,35)(H,30,36)(H3,27,28,32);5-8,16H,2-4,9-11H2,1H3,(H,15,17);1-2H3;1H3/p+1. The van der Waals surface area contributed by atoms with Crippen molar-refractivity contribution < 1.29 is 39.0 Å². The van der Waals surface area contributed by atoms with Crippen molar-refractivity contribution >= 4 is 52.6 Å². The number of nitrogens with zero attached hydrogens (tertiary/aromatic N) is 2. The third-order valence-electron chi connectivity index (χ3n) is 8.72. The second-order valence-electron chi connectivity index (χ2n) is 13.2. The van der Waals surface area contributed by atoms with Crippen LogP contribution in [0, 0.1) is 0 Å². The van der Waals surface area contributed by atoms with Crippen LogP contribution >= 0.6 is 23.2 Å². The number of ether oxygens (including phenoxy) is 2. The van der Waals surface area contributed by atoms with E-state index in [0.29, 0.717) is 43.2 Å². The first-order chi connectivity index (χ1) is 28.6. The van der Waals surface area contributed by atoms with Gasteiger partial charge in [0.25, 0.3) is 17.7 Å². The smallest absolute Gasteiger partial charge is 0.274 e. The van der Waals surface area contributed by atoms with E-state index in [4.69, 9.17) is 37.0 Å². The molecule has 9 N–H and O–H groups in total. The van der Waals surface area contributed by atoms with Crippen LogP contribution in [0.2, 0.25) is 5.15 Å². The number of amides is 3. The van der Waals surface area contributed by atoms with Crippen molar-refractivity contribution in [3.8, 4) is 11.5 Å². The first kappa shape index (κ1) is 52.6. The van der Waals surface area contributed by atoms with Crippen LogP contribution in [0.5, 0.6) is 11.5 Å². The van der Waals surface area contributed by atoms with Gasteiger partial charge in [-0.05, 0) is 73.9 Å². The van der Waals surface area contributed by atoms with E-state index in [0.717, 1.165) is 58.2 Å². The summed E-state index contributed by atoms with van der Waals surface area (Å²) in [6.45, 7) is 10.1. The van der Waals surface area contributed by atoms with Crippen LogP contribution in [-0.4, -0.2) is 117 Å². The van der Waals surface area contributed by atoms with Crippen LogP contribution in [0.1, 0.15) is 80.9 Å². The van der Waals surface area contributed by atoms with Crippen LogP contribution in [0.15, 0.2) is 48.5 Å². The van der Waals surface area contributed by atoms with Gasteiger partial charge in [-0.2, -0.15) is 0 Å². The summed E-state index contributed by atoms with van der Waals surface area (Å²) in [5, 5.41) is 28.6. The molecule has 1 saturated heterocycles. The Bertz CT molecular complexity index is 1610. The molecule has 2 unspecified atom stereocenters. The molecule has 2 atom stereocenters. The number of benzene rings is 2. The third-order valence-corrected chi connectivity index (χ3v) is 9.00. The number of piperidine rings is 1. The van der Waals surface area contributed by atoms with Crippen LogP contribution in [-0.2, 0) is 22.4 Å². The lowest BCUT2D eigenvalue weighted by atomic mass is 10.0. The van der Waals surface area contributed by atoms with Crippen LogP contribution in [0.25, 0.3) is 0 Å². The fraction of sp³-hybridized carbons (Fsp3) is 0.548. The van der Waals surface area contributed by atoms with Crippen molar-refractivity contribution in [2.75, 3.05) is 83.6 Å². The molecular weight excluding hydrogens is 799 g/mol. The van der Waals surface area contributed by atoms with Crippen LogP contribution in [0.4, 0.5) is 11.6 Å². The third kappa shape index (κ3) is 22.0. The Kier molecular flexibility index (Phi) is 28.9. The van der Waals surface area contributed by atoms with Gasteiger partial charge in [0, 0.05) is 46.2 Å². The number of quaternary nitrogens is 1. The first-order valence-electron chi connectivity index (χ1n) is 20.4. The van der Waals surface area contributed by atoms with Gasteiger partial charge in [0.05, 0.1) is 25.7 Å². The number of aliphatic hydroxyl groups is 2. The molecule has 15 nitrogen and oxygen atoms in total. The van der Waals surface area contributed by atoms with Crippen LogP contribution < -0.4 is 41.4 Å². The molecular formula is C42H67Cl2N8O7+. The quantitative estimate of drug-likeness (QED) is 0.0574. The largest absolute Gasteiger partial charge is 0.484 e. The summed E-state index contributed by atoms with van der Waals surface area (Å²) in [7, 11) is 1.65. The van der Waals surface area contributed by atoms with Gasteiger partial charge in [-0.1, -0.05) is 63.1 Å². The molecule has 1 fully saturated rings. The van der Waals surface area contributed by atoms with Gasteiger partial charge in [0.1, 0.15) is 11.5 Å². The molecule has 2 aromatic carbocycles. The van der Waals surface area contributed by atoms with Crippen molar-refractivity contribution in [1.29, 1.82) is 0 Å². The topological polar surface area (TPSA) is 214 Å². The number of nitrogens with one attached hydrogen (secondary N) is 5. The maximum Gasteiger partial charge on any atom is 0.274 e. The number of halogens is 2. The Hall–Kier alpha value is -4.41. The molecule has 1 aliphatic rings. The monoisotopic (exact) mass is 865 g/mol. The summed E-state index contributed by atoms with van der Waals surface area (Å²) in [6.07, 6.45) is 8.65. The Morgan fingerprint density at radius 2 is 1.37 bits per heavy atom. The van der Waals surface area contributed by atoms with E-state index >= 15 is 0 Å². The minimum Gasteiger partial charge on any atom is -0.484 e. The minimum atomic E-state index is -0.310. The average molecular weight is 867 g/mol. The number of rotatable bonds is 21. The molecule has 2 heterocycles. The number of carbonyl (C=O) groups excluding carboxylic acids is 3. The number of nitrogens with two attached hydrogens (primary N) is 1. The van der Waals surface area contributed by atoms with Crippen LogP contribution in [0.3, 0.4) is 0 Å². The lowest BCUT2D eigenvalue weighted by Gasteiger charge is -2.30. The van der Waals surface area contributed by atoms with Gasteiger partial charge in [-0.25, -0.2) is 9.97 Å².